The van der Waals surface area contributed by atoms with E-state index in [1.165, 1.54) is 24.0 Å². The van der Waals surface area contributed by atoms with Crippen molar-refractivity contribution in [3.8, 4) is 5.75 Å². The Hall–Kier alpha value is -0.980. The molecule has 1 aromatic carbocycles. The van der Waals surface area contributed by atoms with Crippen LogP contribution in [0.3, 0.4) is 0 Å². The second-order valence-corrected chi connectivity index (χ2v) is 3.90. The highest BCUT2D eigenvalue weighted by Gasteiger charge is 2.22. The Balaban J connectivity index is 2.07. The average molecular weight is 175 g/mol. The molecule has 0 aromatic heterocycles. The molecule has 0 bridgehead atoms. The zero-order chi connectivity index (χ0) is 9.26. The molecule has 0 heterocycles. The normalized spacial score (nSPS) is 15.8. The average Bonchev–Trinajstić information content (AvgIpc) is 2.87. The van der Waals surface area contributed by atoms with Gasteiger partial charge in [-0.05, 0) is 61.9 Å². The summed E-state index contributed by atoms with van der Waals surface area (Å²) in [7, 11) is 0. The van der Waals surface area contributed by atoms with Gasteiger partial charge in [-0.1, -0.05) is 0 Å². The minimum Gasteiger partial charge on any atom is -0.493 e. The lowest BCUT2D eigenvalue weighted by Crippen LogP contribution is -2.01. The van der Waals surface area contributed by atoms with Crippen LogP contribution in [0.2, 0.25) is 0 Å². The van der Waals surface area contributed by atoms with Crippen LogP contribution in [0.1, 0.15) is 24.0 Å². The topological polar surface area (TPSA) is 9.23 Å². The van der Waals surface area contributed by atoms with E-state index in [4.69, 9.17) is 4.74 Å². The molecule has 0 atom stereocenters. The highest BCUT2D eigenvalue weighted by molar-refractivity contribution is 5.39. The lowest BCUT2D eigenvalue weighted by molar-refractivity contribution is 0.296. The molecule has 2 rings (SSSR count). The summed E-state index contributed by atoms with van der Waals surface area (Å²) >= 11 is 0. The van der Waals surface area contributed by atoms with E-state index in [-0.39, 0.29) is 0 Å². The van der Waals surface area contributed by atoms with Crippen molar-refractivity contribution in [2.45, 2.75) is 26.7 Å². The predicted molar refractivity (Wildman–Crippen MR) is 53.0 cm³/mol. The van der Waals surface area contributed by atoms with Crippen LogP contribution in [-0.2, 0) is 0 Å². The van der Waals surface area contributed by atoms with Gasteiger partial charge in [-0.3, -0.25) is 0 Å². The lowest BCUT2D eigenvalue weighted by Gasteiger charge is -2.10. The van der Waals surface area contributed by atoms with Crippen LogP contribution in [-0.4, -0.2) is 6.61 Å². The van der Waals surface area contributed by atoms with Crippen LogP contribution in [0.4, 0.5) is 0 Å². The fourth-order valence-corrected chi connectivity index (χ4v) is 1.45. The van der Waals surface area contributed by atoms with E-state index >= 15 is 0 Å². The van der Waals surface area contributed by atoms with Crippen molar-refractivity contribution in [2.75, 3.05) is 6.61 Å². The summed E-state index contributed by atoms with van der Waals surface area (Å²) in [5.41, 5.74) is 2.39. The number of rotatable bonds is 3. The van der Waals surface area contributed by atoms with E-state index < -0.39 is 0 Å². The van der Waals surface area contributed by atoms with E-state index in [2.05, 4.69) is 19.9 Å². The second kappa shape index (κ2) is 3.41. The Morgan fingerprint density at radius 2 is 1.92 bits per heavy atom. The van der Waals surface area contributed by atoms with Gasteiger partial charge in [0, 0.05) is 0 Å². The number of hydrogen-bond donors (Lipinski definition) is 0. The maximum atomic E-state index is 5.77. The molecule has 1 aliphatic rings. The quantitative estimate of drug-likeness (QED) is 0.686. The van der Waals surface area contributed by atoms with E-state index in [0.29, 0.717) is 0 Å². The standard InChI is InChI=1S/C12H15O/c1-9-4-3-5-10(2)12(9)13-8-11-6-7-11/h4-5,11H,6-8H2,1-2H3. The first-order valence-electron chi connectivity index (χ1n) is 4.87. The Kier molecular flexibility index (Phi) is 2.26. The third-order valence-electron chi connectivity index (χ3n) is 2.48. The molecular weight excluding hydrogens is 160 g/mol. The van der Waals surface area contributed by atoms with Crippen molar-refractivity contribution in [2.24, 2.45) is 5.92 Å². The minimum atomic E-state index is 0.822. The third kappa shape index (κ3) is 2.03. The molecule has 0 unspecified atom stereocenters. The summed E-state index contributed by atoms with van der Waals surface area (Å²) in [5, 5.41) is 0. The molecule has 1 heteroatoms. The SMILES string of the molecule is Cc1c[c]cc(C)c1OCC1CC1. The number of ether oxygens (including phenoxy) is 1. The lowest BCUT2D eigenvalue weighted by atomic mass is 10.1. The summed E-state index contributed by atoms with van der Waals surface area (Å²) in [6.45, 7) is 5.04. The van der Waals surface area contributed by atoms with Gasteiger partial charge in [0.1, 0.15) is 5.75 Å². The molecule has 1 radical (unpaired) electrons. The van der Waals surface area contributed by atoms with E-state index in [1.807, 2.05) is 12.1 Å². The largest absolute Gasteiger partial charge is 0.493 e. The first-order chi connectivity index (χ1) is 6.27. The number of aryl methyl sites for hydroxylation is 2. The van der Waals surface area contributed by atoms with Crippen LogP contribution in [0.5, 0.6) is 5.75 Å². The van der Waals surface area contributed by atoms with Crippen LogP contribution in [0, 0.1) is 25.8 Å². The van der Waals surface area contributed by atoms with E-state index in [0.717, 1.165) is 18.3 Å². The Bertz CT molecular complexity index is 280. The minimum absolute atomic E-state index is 0.822. The molecule has 1 saturated carbocycles. The summed E-state index contributed by atoms with van der Waals surface area (Å²) in [6.07, 6.45) is 2.69. The van der Waals surface area contributed by atoms with Crippen LogP contribution in [0.25, 0.3) is 0 Å². The highest BCUT2D eigenvalue weighted by Crippen LogP contribution is 2.31. The van der Waals surface area contributed by atoms with Gasteiger partial charge in [0.25, 0.3) is 0 Å². The fourth-order valence-electron chi connectivity index (χ4n) is 1.45. The Morgan fingerprint density at radius 3 is 2.46 bits per heavy atom. The van der Waals surface area contributed by atoms with Crippen LogP contribution < -0.4 is 4.74 Å². The molecule has 1 fully saturated rings. The van der Waals surface area contributed by atoms with Gasteiger partial charge in [0.05, 0.1) is 6.61 Å². The van der Waals surface area contributed by atoms with Gasteiger partial charge in [0.2, 0.25) is 0 Å². The molecule has 1 nitrogen and oxygen atoms in total. The molecule has 0 spiro atoms. The van der Waals surface area contributed by atoms with Crippen LogP contribution >= 0.6 is 0 Å². The zero-order valence-electron chi connectivity index (χ0n) is 8.26. The molecule has 13 heavy (non-hydrogen) atoms. The third-order valence-corrected chi connectivity index (χ3v) is 2.48. The molecule has 69 valence electrons. The molecule has 0 aliphatic heterocycles. The van der Waals surface area contributed by atoms with Gasteiger partial charge >= 0.3 is 0 Å². The number of hydrogen-bond acceptors (Lipinski definition) is 1. The Labute approximate surface area is 79.7 Å². The Morgan fingerprint density at radius 1 is 1.31 bits per heavy atom. The summed E-state index contributed by atoms with van der Waals surface area (Å²) < 4.78 is 5.77. The smallest absolute Gasteiger partial charge is 0.125 e. The van der Waals surface area contributed by atoms with Gasteiger partial charge < -0.3 is 4.74 Å². The highest BCUT2D eigenvalue weighted by atomic mass is 16.5. The van der Waals surface area contributed by atoms with Crippen molar-refractivity contribution in [1.29, 1.82) is 0 Å². The van der Waals surface area contributed by atoms with Gasteiger partial charge in [-0.15, -0.1) is 0 Å². The second-order valence-electron chi connectivity index (χ2n) is 3.90. The molecular formula is C12H15O. The monoisotopic (exact) mass is 175 g/mol. The molecule has 1 aliphatic carbocycles. The van der Waals surface area contributed by atoms with E-state index in [1.54, 1.807) is 0 Å². The first kappa shape index (κ1) is 8.61. The summed E-state index contributed by atoms with van der Waals surface area (Å²) in [5.74, 6) is 1.88. The maximum Gasteiger partial charge on any atom is 0.125 e. The van der Waals surface area contributed by atoms with E-state index in [9.17, 15) is 0 Å². The predicted octanol–water partition coefficient (Wildman–Crippen LogP) is 2.89. The van der Waals surface area contributed by atoms with Crippen LogP contribution in [0.15, 0.2) is 12.1 Å². The molecule has 1 aromatic rings. The summed E-state index contributed by atoms with van der Waals surface area (Å²) in [4.78, 5) is 0. The van der Waals surface area contributed by atoms with Crippen molar-refractivity contribution < 1.29 is 4.74 Å². The molecule has 0 N–H and O–H groups in total. The fraction of sp³-hybridized carbons (Fsp3) is 0.500. The van der Waals surface area contributed by atoms with Crippen molar-refractivity contribution >= 4 is 0 Å². The molecule has 0 saturated heterocycles. The zero-order valence-corrected chi connectivity index (χ0v) is 8.26. The van der Waals surface area contributed by atoms with Crippen molar-refractivity contribution in [3.05, 3.63) is 29.3 Å². The molecule has 0 amide bonds. The van der Waals surface area contributed by atoms with Crippen molar-refractivity contribution in [1.82, 2.24) is 0 Å². The van der Waals surface area contributed by atoms with Gasteiger partial charge in [-0.2, -0.15) is 0 Å². The first-order valence-corrected chi connectivity index (χ1v) is 4.87. The summed E-state index contributed by atoms with van der Waals surface area (Å²) in [6, 6.07) is 7.06. The van der Waals surface area contributed by atoms with Gasteiger partial charge in [-0.25, -0.2) is 0 Å². The van der Waals surface area contributed by atoms with Crippen molar-refractivity contribution in [3.63, 3.8) is 0 Å². The maximum absolute atomic E-state index is 5.77. The van der Waals surface area contributed by atoms with Gasteiger partial charge in [0.15, 0.2) is 0 Å². The number of benzene rings is 1.